The van der Waals surface area contributed by atoms with Crippen LogP contribution in [0.25, 0.3) is 0 Å². The summed E-state index contributed by atoms with van der Waals surface area (Å²) in [5.74, 6) is 0. The molecule has 2 atom stereocenters. The Bertz CT molecular complexity index is 294. The van der Waals surface area contributed by atoms with E-state index >= 15 is 0 Å². The molecule has 0 bridgehead atoms. The number of hydrogen-bond donors (Lipinski definition) is 2. The van der Waals surface area contributed by atoms with Gasteiger partial charge in [0.15, 0.2) is 0 Å². The smallest absolute Gasteiger partial charge is 0.392 e. The Kier molecular flexibility index (Phi) is 5.26. The SMILES string of the molecule is CC1(C)CCC(CN)(CCCOCC(F)(F)F)C1O. The third-order valence-electron chi connectivity index (χ3n) is 4.22. The topological polar surface area (TPSA) is 55.5 Å². The van der Waals surface area contributed by atoms with Crippen molar-refractivity contribution in [3.8, 4) is 0 Å². The van der Waals surface area contributed by atoms with E-state index in [1.54, 1.807) is 0 Å². The molecule has 0 saturated heterocycles. The van der Waals surface area contributed by atoms with Crippen LogP contribution in [0.1, 0.15) is 39.5 Å². The first-order valence-electron chi connectivity index (χ1n) is 6.66. The number of nitrogens with two attached hydrogens (primary N) is 1. The molecule has 1 rings (SSSR count). The summed E-state index contributed by atoms with van der Waals surface area (Å²) in [6.45, 7) is 3.19. The van der Waals surface area contributed by atoms with Gasteiger partial charge in [-0.2, -0.15) is 13.2 Å². The first-order chi connectivity index (χ1) is 8.63. The fourth-order valence-electron chi connectivity index (χ4n) is 2.97. The molecular formula is C13H24F3NO2. The van der Waals surface area contributed by atoms with E-state index in [-0.39, 0.29) is 17.4 Å². The Morgan fingerprint density at radius 1 is 1.32 bits per heavy atom. The molecule has 0 aromatic heterocycles. The molecule has 1 aliphatic carbocycles. The predicted molar refractivity (Wildman–Crippen MR) is 66.6 cm³/mol. The highest BCUT2D eigenvalue weighted by atomic mass is 19.4. The standard InChI is InChI=1S/C13H24F3NO2/c1-11(2)5-6-12(8-17,10(11)18)4-3-7-19-9-13(14,15)16/h10,18H,3-9,17H2,1-2H3. The molecule has 3 N–H and O–H groups in total. The molecule has 0 radical (unpaired) electrons. The zero-order chi connectivity index (χ0) is 14.7. The maximum absolute atomic E-state index is 11.9. The highest BCUT2D eigenvalue weighted by Gasteiger charge is 2.50. The van der Waals surface area contributed by atoms with Crippen LogP contribution in [0.4, 0.5) is 13.2 Å². The minimum Gasteiger partial charge on any atom is -0.392 e. The number of aliphatic hydroxyl groups is 1. The summed E-state index contributed by atoms with van der Waals surface area (Å²) in [5, 5.41) is 10.4. The minimum atomic E-state index is -4.28. The molecule has 0 aromatic carbocycles. The number of hydrogen-bond acceptors (Lipinski definition) is 3. The van der Waals surface area contributed by atoms with Crippen molar-refractivity contribution in [3.63, 3.8) is 0 Å². The first-order valence-corrected chi connectivity index (χ1v) is 6.66. The molecule has 19 heavy (non-hydrogen) atoms. The molecule has 0 aliphatic heterocycles. The quantitative estimate of drug-likeness (QED) is 0.736. The lowest BCUT2D eigenvalue weighted by molar-refractivity contribution is -0.174. The van der Waals surface area contributed by atoms with Gasteiger partial charge in [-0.3, -0.25) is 0 Å². The molecule has 1 fully saturated rings. The molecular weight excluding hydrogens is 259 g/mol. The van der Waals surface area contributed by atoms with Crippen LogP contribution in [-0.4, -0.2) is 37.1 Å². The zero-order valence-corrected chi connectivity index (χ0v) is 11.6. The summed E-state index contributed by atoms with van der Waals surface area (Å²) >= 11 is 0. The molecule has 3 nitrogen and oxygen atoms in total. The summed E-state index contributed by atoms with van der Waals surface area (Å²) in [7, 11) is 0. The van der Waals surface area contributed by atoms with Gasteiger partial charge in [0, 0.05) is 18.6 Å². The average molecular weight is 283 g/mol. The third kappa shape index (κ3) is 4.33. The predicted octanol–water partition coefficient (Wildman–Crippen LogP) is 2.47. The van der Waals surface area contributed by atoms with Crippen LogP contribution in [-0.2, 0) is 4.74 Å². The van der Waals surface area contributed by atoms with E-state index in [0.717, 1.165) is 12.8 Å². The van der Waals surface area contributed by atoms with Crippen LogP contribution in [0.5, 0.6) is 0 Å². The van der Waals surface area contributed by atoms with Crippen molar-refractivity contribution >= 4 is 0 Å². The largest absolute Gasteiger partial charge is 0.411 e. The highest BCUT2D eigenvalue weighted by Crippen LogP contribution is 2.51. The van der Waals surface area contributed by atoms with Gasteiger partial charge in [-0.1, -0.05) is 13.8 Å². The van der Waals surface area contributed by atoms with Crippen molar-refractivity contribution in [1.29, 1.82) is 0 Å². The maximum atomic E-state index is 11.9. The van der Waals surface area contributed by atoms with E-state index in [0.29, 0.717) is 19.4 Å². The minimum absolute atomic E-state index is 0.0500. The van der Waals surface area contributed by atoms with E-state index < -0.39 is 18.9 Å². The van der Waals surface area contributed by atoms with Gasteiger partial charge in [0.25, 0.3) is 0 Å². The van der Waals surface area contributed by atoms with E-state index in [1.807, 2.05) is 13.8 Å². The second kappa shape index (κ2) is 5.97. The van der Waals surface area contributed by atoms with Crippen molar-refractivity contribution in [3.05, 3.63) is 0 Å². The van der Waals surface area contributed by atoms with Crippen LogP contribution < -0.4 is 5.73 Å². The molecule has 2 unspecified atom stereocenters. The Morgan fingerprint density at radius 2 is 1.95 bits per heavy atom. The molecule has 0 heterocycles. The van der Waals surface area contributed by atoms with E-state index in [1.165, 1.54) is 0 Å². The van der Waals surface area contributed by atoms with Gasteiger partial charge >= 0.3 is 6.18 Å². The van der Waals surface area contributed by atoms with Crippen molar-refractivity contribution < 1.29 is 23.0 Å². The summed E-state index contributed by atoms with van der Waals surface area (Å²) in [4.78, 5) is 0. The van der Waals surface area contributed by atoms with Gasteiger partial charge in [-0.05, 0) is 31.1 Å². The Morgan fingerprint density at radius 3 is 2.37 bits per heavy atom. The van der Waals surface area contributed by atoms with E-state index in [4.69, 9.17) is 5.73 Å². The number of ether oxygens (including phenoxy) is 1. The highest BCUT2D eigenvalue weighted by molar-refractivity contribution is 5.01. The second-order valence-electron chi connectivity index (χ2n) is 6.23. The fraction of sp³-hybridized carbons (Fsp3) is 1.00. The van der Waals surface area contributed by atoms with Gasteiger partial charge < -0.3 is 15.6 Å². The Balaban J connectivity index is 2.38. The average Bonchev–Trinajstić information content (AvgIpc) is 2.52. The number of alkyl halides is 3. The van der Waals surface area contributed by atoms with E-state index in [2.05, 4.69) is 4.74 Å². The summed E-state index contributed by atoms with van der Waals surface area (Å²) < 4.78 is 40.3. The van der Waals surface area contributed by atoms with Gasteiger partial charge in [-0.15, -0.1) is 0 Å². The Labute approximate surface area is 112 Å². The molecule has 1 saturated carbocycles. The fourth-order valence-corrected chi connectivity index (χ4v) is 2.97. The monoisotopic (exact) mass is 283 g/mol. The number of halogens is 3. The lowest BCUT2D eigenvalue weighted by Gasteiger charge is -2.36. The molecule has 0 aromatic rings. The molecule has 0 spiro atoms. The first kappa shape index (κ1) is 16.7. The van der Waals surface area contributed by atoms with Crippen molar-refractivity contribution in [2.24, 2.45) is 16.6 Å². The summed E-state index contributed by atoms with van der Waals surface area (Å²) in [6.07, 6.45) is -1.99. The van der Waals surface area contributed by atoms with Crippen molar-refractivity contribution in [2.45, 2.75) is 51.8 Å². The summed E-state index contributed by atoms with van der Waals surface area (Å²) in [5.41, 5.74) is 5.24. The van der Waals surface area contributed by atoms with Gasteiger partial charge in [0.05, 0.1) is 6.10 Å². The Hall–Kier alpha value is -0.330. The van der Waals surface area contributed by atoms with Crippen LogP contribution in [0.15, 0.2) is 0 Å². The maximum Gasteiger partial charge on any atom is 0.411 e. The van der Waals surface area contributed by atoms with Gasteiger partial charge in [0.2, 0.25) is 0 Å². The van der Waals surface area contributed by atoms with Crippen LogP contribution >= 0.6 is 0 Å². The van der Waals surface area contributed by atoms with E-state index in [9.17, 15) is 18.3 Å². The molecule has 0 amide bonds. The molecule has 114 valence electrons. The lowest BCUT2D eigenvalue weighted by Crippen LogP contribution is -2.42. The number of aliphatic hydroxyl groups excluding tert-OH is 1. The third-order valence-corrected chi connectivity index (χ3v) is 4.22. The van der Waals surface area contributed by atoms with Crippen LogP contribution in [0.3, 0.4) is 0 Å². The van der Waals surface area contributed by atoms with Gasteiger partial charge in [0.1, 0.15) is 6.61 Å². The lowest BCUT2D eigenvalue weighted by atomic mass is 9.75. The summed E-state index contributed by atoms with van der Waals surface area (Å²) in [6, 6.07) is 0. The van der Waals surface area contributed by atoms with Crippen LogP contribution in [0.2, 0.25) is 0 Å². The van der Waals surface area contributed by atoms with Crippen molar-refractivity contribution in [2.75, 3.05) is 19.8 Å². The zero-order valence-electron chi connectivity index (χ0n) is 11.6. The molecule has 1 aliphatic rings. The normalized spacial score (nSPS) is 30.8. The van der Waals surface area contributed by atoms with Crippen LogP contribution in [0, 0.1) is 10.8 Å². The second-order valence-corrected chi connectivity index (χ2v) is 6.23. The molecule has 6 heteroatoms. The number of rotatable bonds is 6. The van der Waals surface area contributed by atoms with Gasteiger partial charge in [-0.25, -0.2) is 0 Å². The van der Waals surface area contributed by atoms with Crippen molar-refractivity contribution in [1.82, 2.24) is 0 Å².